The highest BCUT2D eigenvalue weighted by molar-refractivity contribution is 5.97. The van der Waals surface area contributed by atoms with E-state index in [-0.39, 0.29) is 29.9 Å². The zero-order valence-electron chi connectivity index (χ0n) is 13.9. The molecule has 1 saturated heterocycles. The molecule has 1 fully saturated rings. The normalized spacial score (nSPS) is 15.5. The fourth-order valence-corrected chi connectivity index (χ4v) is 3.00. The van der Waals surface area contributed by atoms with Gasteiger partial charge in [0.05, 0.1) is 11.0 Å². The van der Waals surface area contributed by atoms with Gasteiger partial charge in [-0.3, -0.25) is 4.79 Å². The molecule has 0 saturated carbocycles. The van der Waals surface area contributed by atoms with E-state index in [2.05, 4.69) is 10.3 Å². The third-order valence-corrected chi connectivity index (χ3v) is 4.11. The van der Waals surface area contributed by atoms with Crippen molar-refractivity contribution in [1.82, 2.24) is 19.8 Å². The molecule has 0 atom stereocenters. The summed E-state index contributed by atoms with van der Waals surface area (Å²) in [5.41, 5.74) is 0.942. The molecular formula is C16H20ClF3N4O. The van der Waals surface area contributed by atoms with E-state index >= 15 is 0 Å². The topological polar surface area (TPSA) is 50.2 Å². The number of amides is 1. The molecule has 1 aromatic carbocycles. The summed E-state index contributed by atoms with van der Waals surface area (Å²) < 4.78 is 40.9. The van der Waals surface area contributed by atoms with E-state index in [1.807, 2.05) is 0 Å². The number of piperazine rings is 1. The summed E-state index contributed by atoms with van der Waals surface area (Å²) in [5.74, 6) is -1.11. The molecular weight excluding hydrogens is 357 g/mol. The average molecular weight is 377 g/mol. The molecule has 0 aliphatic carbocycles. The van der Waals surface area contributed by atoms with Crippen molar-refractivity contribution in [3.05, 3.63) is 29.6 Å². The van der Waals surface area contributed by atoms with E-state index in [0.29, 0.717) is 37.3 Å². The van der Waals surface area contributed by atoms with Crippen molar-refractivity contribution in [2.45, 2.75) is 26.1 Å². The van der Waals surface area contributed by atoms with Crippen LogP contribution in [0.5, 0.6) is 0 Å². The number of carbonyl (C=O) groups excluding carboxylic acids is 1. The molecule has 2 heterocycles. The van der Waals surface area contributed by atoms with Crippen molar-refractivity contribution in [3.63, 3.8) is 0 Å². The predicted octanol–water partition coefficient (Wildman–Crippen LogP) is 3.10. The van der Waals surface area contributed by atoms with Crippen LogP contribution in [0.15, 0.2) is 18.2 Å². The number of hydrogen-bond donors (Lipinski definition) is 1. The van der Waals surface area contributed by atoms with Crippen LogP contribution in [-0.4, -0.2) is 46.5 Å². The Kier molecular flexibility index (Phi) is 5.63. The molecule has 3 rings (SSSR count). The number of rotatable bonds is 2. The number of fused-ring (bicyclic) bond motifs is 1. The van der Waals surface area contributed by atoms with Gasteiger partial charge in [-0.1, -0.05) is 0 Å². The van der Waals surface area contributed by atoms with Crippen molar-refractivity contribution in [2.75, 3.05) is 26.2 Å². The van der Waals surface area contributed by atoms with Crippen LogP contribution < -0.4 is 5.32 Å². The fourth-order valence-electron chi connectivity index (χ4n) is 3.00. The maximum Gasteiger partial charge on any atom is 0.449 e. The molecule has 0 radical (unpaired) electrons. The molecule has 1 aliphatic heterocycles. The maximum atomic E-state index is 13.2. The monoisotopic (exact) mass is 376 g/mol. The number of imidazole rings is 1. The van der Waals surface area contributed by atoms with E-state index in [0.717, 1.165) is 4.57 Å². The lowest BCUT2D eigenvalue weighted by atomic mass is 10.1. The summed E-state index contributed by atoms with van der Waals surface area (Å²) >= 11 is 0. The van der Waals surface area contributed by atoms with Gasteiger partial charge in [0.15, 0.2) is 0 Å². The van der Waals surface area contributed by atoms with Gasteiger partial charge in [-0.2, -0.15) is 13.2 Å². The van der Waals surface area contributed by atoms with Crippen LogP contribution in [0.4, 0.5) is 13.2 Å². The summed E-state index contributed by atoms with van der Waals surface area (Å²) in [4.78, 5) is 18.0. The van der Waals surface area contributed by atoms with E-state index < -0.39 is 12.0 Å². The van der Waals surface area contributed by atoms with Gasteiger partial charge < -0.3 is 14.8 Å². The Morgan fingerprint density at radius 2 is 1.88 bits per heavy atom. The van der Waals surface area contributed by atoms with Crippen molar-refractivity contribution in [2.24, 2.45) is 0 Å². The summed E-state index contributed by atoms with van der Waals surface area (Å²) in [6, 6.07) is 4.19. The van der Waals surface area contributed by atoms with Gasteiger partial charge in [-0.05, 0) is 32.0 Å². The van der Waals surface area contributed by atoms with Crippen LogP contribution >= 0.6 is 12.4 Å². The molecule has 1 aliphatic rings. The highest BCUT2D eigenvalue weighted by Crippen LogP contribution is 2.34. The quantitative estimate of drug-likeness (QED) is 0.876. The molecule has 0 spiro atoms. The summed E-state index contributed by atoms with van der Waals surface area (Å²) in [5, 5.41) is 3.16. The second-order valence-corrected chi connectivity index (χ2v) is 6.14. The molecule has 138 valence electrons. The largest absolute Gasteiger partial charge is 0.449 e. The van der Waals surface area contributed by atoms with Crippen molar-refractivity contribution >= 4 is 29.3 Å². The fraction of sp³-hybridized carbons (Fsp3) is 0.500. The number of nitrogens with zero attached hydrogens (tertiary/aromatic N) is 3. The molecule has 0 unspecified atom stereocenters. The lowest BCUT2D eigenvalue weighted by molar-refractivity contribution is -0.147. The van der Waals surface area contributed by atoms with Crippen LogP contribution in [-0.2, 0) is 6.18 Å². The Morgan fingerprint density at radius 1 is 1.24 bits per heavy atom. The minimum absolute atomic E-state index is 0. The van der Waals surface area contributed by atoms with E-state index in [1.165, 1.54) is 6.07 Å². The first-order valence-corrected chi connectivity index (χ1v) is 7.88. The number of alkyl halides is 3. The summed E-state index contributed by atoms with van der Waals surface area (Å²) in [6.07, 6.45) is -4.54. The average Bonchev–Trinajstić information content (AvgIpc) is 2.94. The number of carbonyl (C=O) groups is 1. The molecule has 2 aromatic rings. The Hall–Kier alpha value is -1.80. The van der Waals surface area contributed by atoms with Crippen LogP contribution in [0.25, 0.3) is 11.0 Å². The Morgan fingerprint density at radius 3 is 2.44 bits per heavy atom. The summed E-state index contributed by atoms with van der Waals surface area (Å²) in [7, 11) is 0. The predicted molar refractivity (Wildman–Crippen MR) is 91.1 cm³/mol. The molecule has 9 heteroatoms. The van der Waals surface area contributed by atoms with Crippen LogP contribution in [0.3, 0.4) is 0 Å². The first-order chi connectivity index (χ1) is 11.3. The van der Waals surface area contributed by atoms with E-state index in [1.54, 1.807) is 30.9 Å². The van der Waals surface area contributed by atoms with Crippen molar-refractivity contribution in [3.8, 4) is 0 Å². The third kappa shape index (κ3) is 3.74. The van der Waals surface area contributed by atoms with Crippen LogP contribution in [0.2, 0.25) is 0 Å². The minimum Gasteiger partial charge on any atom is -0.336 e. The second kappa shape index (κ2) is 7.21. The lowest BCUT2D eigenvalue weighted by Crippen LogP contribution is -2.46. The Labute approximate surface area is 149 Å². The van der Waals surface area contributed by atoms with Crippen molar-refractivity contribution < 1.29 is 18.0 Å². The maximum absolute atomic E-state index is 13.2. The number of halogens is 4. The highest BCUT2D eigenvalue weighted by atomic mass is 35.5. The molecule has 0 bridgehead atoms. The van der Waals surface area contributed by atoms with Gasteiger partial charge in [0.1, 0.15) is 0 Å². The molecule has 1 aromatic heterocycles. The Bertz CT molecular complexity index is 767. The van der Waals surface area contributed by atoms with Gasteiger partial charge >= 0.3 is 6.18 Å². The van der Waals surface area contributed by atoms with E-state index in [4.69, 9.17) is 0 Å². The number of aromatic nitrogens is 2. The van der Waals surface area contributed by atoms with Gasteiger partial charge in [0, 0.05) is 37.8 Å². The molecule has 25 heavy (non-hydrogen) atoms. The second-order valence-electron chi connectivity index (χ2n) is 6.14. The van der Waals surface area contributed by atoms with Gasteiger partial charge in [0.2, 0.25) is 5.82 Å². The molecule has 5 nitrogen and oxygen atoms in total. The highest BCUT2D eigenvalue weighted by Gasteiger charge is 2.38. The van der Waals surface area contributed by atoms with Crippen LogP contribution in [0, 0.1) is 0 Å². The summed E-state index contributed by atoms with van der Waals surface area (Å²) in [6.45, 7) is 5.96. The number of nitrogens with one attached hydrogen (secondary N) is 1. The van der Waals surface area contributed by atoms with Gasteiger partial charge in [0.25, 0.3) is 5.91 Å². The first kappa shape index (κ1) is 19.5. The SMILES string of the molecule is CC(C)n1c(C(F)(F)F)nc2cc(C(=O)N3CCNCC3)ccc21.Cl. The van der Waals surface area contributed by atoms with Crippen molar-refractivity contribution in [1.29, 1.82) is 0 Å². The van der Waals surface area contributed by atoms with Gasteiger partial charge in [-0.15, -0.1) is 12.4 Å². The zero-order chi connectivity index (χ0) is 17.5. The lowest BCUT2D eigenvalue weighted by Gasteiger charge is -2.27. The number of hydrogen-bond acceptors (Lipinski definition) is 3. The first-order valence-electron chi connectivity index (χ1n) is 7.88. The van der Waals surface area contributed by atoms with E-state index in [9.17, 15) is 18.0 Å². The smallest absolute Gasteiger partial charge is 0.336 e. The number of benzene rings is 1. The molecule has 1 amide bonds. The third-order valence-electron chi connectivity index (χ3n) is 4.11. The van der Waals surface area contributed by atoms with Gasteiger partial charge in [-0.25, -0.2) is 4.98 Å². The Balaban J connectivity index is 0.00000225. The minimum atomic E-state index is -4.54. The standard InChI is InChI=1S/C16H19F3N4O.ClH/c1-10(2)23-13-4-3-11(14(24)22-7-5-20-6-8-22)9-12(13)21-15(23)16(17,18)19;/h3-4,9-10,20H,5-8H2,1-2H3;1H. The zero-order valence-corrected chi connectivity index (χ0v) is 14.7. The van der Waals surface area contributed by atoms with Crippen LogP contribution in [0.1, 0.15) is 36.1 Å². The molecule has 1 N–H and O–H groups in total.